The molecule has 7 nitrogen and oxygen atoms in total. The van der Waals surface area contributed by atoms with Gasteiger partial charge >= 0.3 is 0 Å². The summed E-state index contributed by atoms with van der Waals surface area (Å²) in [6, 6.07) is 7.70. The van der Waals surface area contributed by atoms with Gasteiger partial charge in [0, 0.05) is 11.6 Å². The number of hydrogen-bond acceptors (Lipinski definition) is 7. The second kappa shape index (κ2) is 7.10. The SMILES string of the molecule is Cc1cc(C)cc(-c2nnc(S[C@H](C)C(=O)Nc3cc(C)on3)o2)c1. The Bertz CT molecular complexity index is 883. The van der Waals surface area contributed by atoms with Crippen molar-refractivity contribution in [1.82, 2.24) is 15.4 Å². The number of rotatable bonds is 5. The number of aryl methyl sites for hydroxylation is 3. The van der Waals surface area contributed by atoms with Gasteiger partial charge in [0.15, 0.2) is 5.82 Å². The van der Waals surface area contributed by atoms with E-state index in [1.54, 1.807) is 19.9 Å². The number of aromatic nitrogens is 3. The Morgan fingerprint density at radius 1 is 1.12 bits per heavy atom. The van der Waals surface area contributed by atoms with Crippen LogP contribution < -0.4 is 5.32 Å². The van der Waals surface area contributed by atoms with E-state index in [-0.39, 0.29) is 5.91 Å². The molecule has 3 aromatic rings. The van der Waals surface area contributed by atoms with Crippen LogP contribution in [0.5, 0.6) is 0 Å². The number of nitrogens with one attached hydrogen (secondary N) is 1. The number of carbonyl (C=O) groups is 1. The van der Waals surface area contributed by atoms with Crippen molar-refractivity contribution < 1.29 is 13.7 Å². The quantitative estimate of drug-likeness (QED) is 0.694. The monoisotopic (exact) mass is 358 g/mol. The molecule has 1 aromatic carbocycles. The summed E-state index contributed by atoms with van der Waals surface area (Å²) in [4.78, 5) is 12.2. The molecule has 0 saturated carbocycles. The first-order chi connectivity index (χ1) is 11.9. The molecule has 0 fully saturated rings. The van der Waals surface area contributed by atoms with Crippen LogP contribution in [0.25, 0.3) is 11.5 Å². The number of benzene rings is 1. The smallest absolute Gasteiger partial charge is 0.277 e. The van der Waals surface area contributed by atoms with E-state index in [4.69, 9.17) is 8.94 Å². The van der Waals surface area contributed by atoms with E-state index in [0.29, 0.717) is 22.7 Å². The summed E-state index contributed by atoms with van der Waals surface area (Å²) in [5, 5.41) is 14.4. The van der Waals surface area contributed by atoms with Crippen LogP contribution in [0.4, 0.5) is 5.82 Å². The van der Waals surface area contributed by atoms with Crippen molar-refractivity contribution in [2.45, 2.75) is 38.2 Å². The third-order valence-electron chi connectivity index (χ3n) is 3.40. The molecule has 8 heteroatoms. The highest BCUT2D eigenvalue weighted by atomic mass is 32.2. The fraction of sp³-hybridized carbons (Fsp3) is 0.294. The maximum atomic E-state index is 12.2. The van der Waals surface area contributed by atoms with Gasteiger partial charge in [0.25, 0.3) is 5.22 Å². The molecule has 0 aliphatic carbocycles. The molecule has 25 heavy (non-hydrogen) atoms. The average Bonchev–Trinajstić information content (AvgIpc) is 3.15. The summed E-state index contributed by atoms with van der Waals surface area (Å²) < 4.78 is 10.6. The number of amides is 1. The van der Waals surface area contributed by atoms with E-state index in [0.717, 1.165) is 16.7 Å². The number of hydrogen-bond donors (Lipinski definition) is 1. The lowest BCUT2D eigenvalue weighted by Crippen LogP contribution is -2.22. The Morgan fingerprint density at radius 3 is 2.48 bits per heavy atom. The number of thioether (sulfide) groups is 1. The first-order valence-corrected chi connectivity index (χ1v) is 8.61. The van der Waals surface area contributed by atoms with Gasteiger partial charge < -0.3 is 14.3 Å². The van der Waals surface area contributed by atoms with Crippen LogP contribution in [0.2, 0.25) is 0 Å². The molecular formula is C17H18N4O3S. The van der Waals surface area contributed by atoms with Crippen molar-refractivity contribution in [3.8, 4) is 11.5 Å². The van der Waals surface area contributed by atoms with Crippen LogP contribution in [0.1, 0.15) is 23.8 Å². The van der Waals surface area contributed by atoms with E-state index in [2.05, 4.69) is 26.7 Å². The van der Waals surface area contributed by atoms with Crippen molar-refractivity contribution >= 4 is 23.5 Å². The van der Waals surface area contributed by atoms with Crippen LogP contribution in [0.15, 0.2) is 38.4 Å². The lowest BCUT2D eigenvalue weighted by atomic mass is 10.1. The van der Waals surface area contributed by atoms with Crippen LogP contribution in [-0.4, -0.2) is 26.5 Å². The van der Waals surface area contributed by atoms with Gasteiger partial charge in [-0.15, -0.1) is 10.2 Å². The molecule has 0 saturated heterocycles. The van der Waals surface area contributed by atoms with Crippen LogP contribution in [0.3, 0.4) is 0 Å². The molecule has 1 atom stereocenters. The molecule has 1 N–H and O–H groups in total. The minimum atomic E-state index is -0.426. The predicted octanol–water partition coefficient (Wildman–Crippen LogP) is 3.77. The summed E-state index contributed by atoms with van der Waals surface area (Å²) >= 11 is 1.19. The fourth-order valence-electron chi connectivity index (χ4n) is 2.33. The van der Waals surface area contributed by atoms with Gasteiger partial charge in [-0.3, -0.25) is 4.79 Å². The third-order valence-corrected chi connectivity index (χ3v) is 4.34. The van der Waals surface area contributed by atoms with E-state index >= 15 is 0 Å². The van der Waals surface area contributed by atoms with Crippen LogP contribution >= 0.6 is 11.8 Å². The summed E-state index contributed by atoms with van der Waals surface area (Å²) in [6.45, 7) is 7.54. The normalized spacial score (nSPS) is 12.2. The molecule has 3 rings (SSSR count). The van der Waals surface area contributed by atoms with Gasteiger partial charge in [-0.2, -0.15) is 0 Å². The molecule has 130 valence electrons. The fourth-order valence-corrected chi connectivity index (χ4v) is 3.01. The molecule has 0 aliphatic rings. The molecule has 1 amide bonds. The molecule has 0 bridgehead atoms. The first-order valence-electron chi connectivity index (χ1n) is 7.74. The Kier molecular flexibility index (Phi) is 4.89. The Morgan fingerprint density at radius 2 is 1.84 bits per heavy atom. The zero-order valence-corrected chi connectivity index (χ0v) is 15.2. The number of nitrogens with zero attached hydrogens (tertiary/aromatic N) is 3. The second-order valence-corrected chi connectivity index (χ2v) is 7.11. The number of carbonyl (C=O) groups excluding carboxylic acids is 1. The highest BCUT2D eigenvalue weighted by molar-refractivity contribution is 8.00. The van der Waals surface area contributed by atoms with Gasteiger partial charge in [-0.05, 0) is 39.8 Å². The minimum absolute atomic E-state index is 0.218. The second-order valence-electron chi connectivity index (χ2n) is 5.82. The molecule has 0 radical (unpaired) electrons. The molecule has 0 unspecified atom stereocenters. The van der Waals surface area contributed by atoms with Gasteiger partial charge in [-0.1, -0.05) is 34.1 Å². The van der Waals surface area contributed by atoms with E-state index in [1.165, 1.54) is 11.8 Å². The van der Waals surface area contributed by atoms with Gasteiger partial charge in [0.1, 0.15) is 5.76 Å². The van der Waals surface area contributed by atoms with Gasteiger partial charge in [-0.25, -0.2) is 0 Å². The standard InChI is InChI=1S/C17H18N4O3S/c1-9-5-10(2)7-13(6-9)16-19-20-17(23-16)25-12(4)15(22)18-14-8-11(3)24-21-14/h5-8,12H,1-4H3,(H,18,21,22)/t12-/m1/s1. The van der Waals surface area contributed by atoms with E-state index < -0.39 is 5.25 Å². The molecule has 0 spiro atoms. The van der Waals surface area contributed by atoms with E-state index in [9.17, 15) is 4.79 Å². The van der Waals surface area contributed by atoms with Crippen LogP contribution in [-0.2, 0) is 4.79 Å². The Hall–Kier alpha value is -2.61. The lowest BCUT2D eigenvalue weighted by molar-refractivity contribution is -0.115. The zero-order chi connectivity index (χ0) is 18.0. The highest BCUT2D eigenvalue weighted by Crippen LogP contribution is 2.27. The highest BCUT2D eigenvalue weighted by Gasteiger charge is 2.20. The topological polar surface area (TPSA) is 94.1 Å². The summed E-state index contributed by atoms with van der Waals surface area (Å²) in [7, 11) is 0. The summed E-state index contributed by atoms with van der Waals surface area (Å²) in [5.41, 5.74) is 3.11. The number of anilines is 1. The zero-order valence-electron chi connectivity index (χ0n) is 14.4. The lowest BCUT2D eigenvalue weighted by Gasteiger charge is -2.07. The van der Waals surface area contributed by atoms with Crippen molar-refractivity contribution in [1.29, 1.82) is 0 Å². The maximum Gasteiger partial charge on any atom is 0.277 e. The van der Waals surface area contributed by atoms with Crippen molar-refractivity contribution in [3.63, 3.8) is 0 Å². The minimum Gasteiger partial charge on any atom is -0.411 e. The molecule has 2 aromatic heterocycles. The summed E-state index contributed by atoms with van der Waals surface area (Å²) in [5.74, 6) is 1.24. The Balaban J connectivity index is 1.67. The largest absolute Gasteiger partial charge is 0.411 e. The van der Waals surface area contributed by atoms with Crippen LogP contribution in [0, 0.1) is 20.8 Å². The first kappa shape index (κ1) is 17.2. The molecule has 0 aliphatic heterocycles. The molecule has 2 heterocycles. The van der Waals surface area contributed by atoms with Gasteiger partial charge in [0.2, 0.25) is 11.8 Å². The van der Waals surface area contributed by atoms with Crippen molar-refractivity contribution in [2.75, 3.05) is 5.32 Å². The predicted molar refractivity (Wildman–Crippen MR) is 94.4 cm³/mol. The van der Waals surface area contributed by atoms with Gasteiger partial charge in [0.05, 0.1) is 5.25 Å². The molecular weight excluding hydrogens is 340 g/mol. The third kappa shape index (κ3) is 4.27. The van der Waals surface area contributed by atoms with Crippen molar-refractivity contribution in [2.24, 2.45) is 0 Å². The maximum absolute atomic E-state index is 12.2. The average molecular weight is 358 g/mol. The van der Waals surface area contributed by atoms with Crippen molar-refractivity contribution in [3.05, 3.63) is 41.2 Å². The Labute approximate surface area is 149 Å². The summed E-state index contributed by atoms with van der Waals surface area (Å²) in [6.07, 6.45) is 0. The van der Waals surface area contributed by atoms with E-state index in [1.807, 2.05) is 26.0 Å².